The molecule has 1 aromatic heterocycles. The number of rotatable bonds is 2. The van der Waals surface area contributed by atoms with Gasteiger partial charge in [0, 0.05) is 6.54 Å². The van der Waals surface area contributed by atoms with E-state index in [4.69, 9.17) is 5.11 Å². The van der Waals surface area contributed by atoms with Crippen LogP contribution in [0.5, 0.6) is 0 Å². The van der Waals surface area contributed by atoms with Gasteiger partial charge in [-0.05, 0) is 6.92 Å². The maximum absolute atomic E-state index is 11.6. The topological polar surface area (TPSA) is 95.1 Å². The van der Waals surface area contributed by atoms with E-state index in [-0.39, 0.29) is 12.0 Å². The molecule has 0 aliphatic carbocycles. The lowest BCUT2D eigenvalue weighted by Crippen LogP contribution is -2.22. The van der Waals surface area contributed by atoms with Gasteiger partial charge in [0.05, 0.1) is 23.7 Å². The third-order valence-electron chi connectivity index (χ3n) is 2.40. The second-order valence-electron chi connectivity index (χ2n) is 3.54. The molecule has 2 heterocycles. The van der Waals surface area contributed by atoms with E-state index in [0.29, 0.717) is 23.6 Å². The van der Waals surface area contributed by atoms with Crippen molar-refractivity contribution in [2.45, 2.75) is 25.9 Å². The Morgan fingerprint density at radius 3 is 3.07 bits per heavy atom. The summed E-state index contributed by atoms with van der Waals surface area (Å²) in [7, 11) is 0. The molecule has 1 aliphatic heterocycles. The Balaban J connectivity index is 2.42. The van der Waals surface area contributed by atoms with E-state index in [1.54, 1.807) is 6.92 Å². The van der Waals surface area contributed by atoms with Gasteiger partial charge < -0.3 is 15.4 Å². The number of aliphatic carboxylic acids is 1. The van der Waals surface area contributed by atoms with E-state index in [1.807, 2.05) is 0 Å². The van der Waals surface area contributed by atoms with Crippen molar-refractivity contribution < 1.29 is 9.90 Å². The fourth-order valence-electron chi connectivity index (χ4n) is 1.82. The zero-order valence-electron chi connectivity index (χ0n) is 8.20. The summed E-state index contributed by atoms with van der Waals surface area (Å²) < 4.78 is 0. The molecule has 6 nitrogen and oxygen atoms in total. The van der Waals surface area contributed by atoms with Gasteiger partial charge in [0.1, 0.15) is 5.82 Å². The number of carboxylic acids is 1. The first-order chi connectivity index (χ1) is 7.08. The van der Waals surface area contributed by atoms with Crippen LogP contribution in [0.4, 0.5) is 0 Å². The van der Waals surface area contributed by atoms with Gasteiger partial charge in [-0.1, -0.05) is 0 Å². The van der Waals surface area contributed by atoms with Crippen LogP contribution in [0.2, 0.25) is 0 Å². The van der Waals surface area contributed by atoms with Gasteiger partial charge in [0.15, 0.2) is 0 Å². The summed E-state index contributed by atoms with van der Waals surface area (Å²) in [5, 5.41) is 11.6. The summed E-state index contributed by atoms with van der Waals surface area (Å²) in [4.78, 5) is 28.9. The number of nitrogens with zero attached hydrogens (tertiary/aromatic N) is 1. The Hall–Kier alpha value is -1.69. The molecule has 0 spiro atoms. The molecule has 3 N–H and O–H groups in total. The molecule has 0 bridgehead atoms. The van der Waals surface area contributed by atoms with E-state index in [2.05, 4.69) is 15.3 Å². The lowest BCUT2D eigenvalue weighted by atomic mass is 10.1. The number of H-pyrrole nitrogens is 1. The van der Waals surface area contributed by atoms with Crippen molar-refractivity contribution in [1.82, 2.24) is 15.3 Å². The van der Waals surface area contributed by atoms with E-state index in [9.17, 15) is 9.59 Å². The van der Waals surface area contributed by atoms with Crippen molar-refractivity contribution in [1.29, 1.82) is 0 Å². The minimum absolute atomic E-state index is 0.0964. The summed E-state index contributed by atoms with van der Waals surface area (Å²) >= 11 is 0. The standard InChI is InChI=1S/C9H11N3O3/c1-4-11-6-3-10-5(2-7(13)14)8(6)9(15)12-4/h5,10H,2-3H2,1H3,(H,13,14)(H,11,12,15). The highest BCUT2D eigenvalue weighted by molar-refractivity contribution is 5.68. The minimum Gasteiger partial charge on any atom is -0.481 e. The molecule has 1 aliphatic rings. The molecule has 0 fully saturated rings. The number of hydrogen-bond donors (Lipinski definition) is 3. The molecule has 1 aromatic rings. The maximum Gasteiger partial charge on any atom is 0.305 e. The number of nitrogens with one attached hydrogen (secondary N) is 2. The molecular formula is C9H11N3O3. The number of aryl methyl sites for hydroxylation is 1. The van der Waals surface area contributed by atoms with Crippen LogP contribution in [-0.2, 0) is 11.3 Å². The number of carboxylic acid groups (broad SMARTS) is 1. The minimum atomic E-state index is -0.930. The van der Waals surface area contributed by atoms with Gasteiger partial charge >= 0.3 is 5.97 Å². The van der Waals surface area contributed by atoms with Crippen LogP contribution in [0.15, 0.2) is 4.79 Å². The fraction of sp³-hybridized carbons (Fsp3) is 0.444. The zero-order valence-corrected chi connectivity index (χ0v) is 8.20. The lowest BCUT2D eigenvalue weighted by molar-refractivity contribution is -0.137. The van der Waals surface area contributed by atoms with Crippen LogP contribution < -0.4 is 10.9 Å². The van der Waals surface area contributed by atoms with Crippen molar-refractivity contribution in [3.63, 3.8) is 0 Å². The maximum atomic E-state index is 11.6. The molecule has 1 unspecified atom stereocenters. The quantitative estimate of drug-likeness (QED) is 0.621. The van der Waals surface area contributed by atoms with Crippen LogP contribution in [-0.4, -0.2) is 21.0 Å². The van der Waals surface area contributed by atoms with Crippen molar-refractivity contribution in [3.8, 4) is 0 Å². The summed E-state index contributed by atoms with van der Waals surface area (Å²) in [6.45, 7) is 2.16. The first-order valence-corrected chi connectivity index (χ1v) is 4.63. The second kappa shape index (κ2) is 3.47. The molecule has 0 radical (unpaired) electrons. The monoisotopic (exact) mass is 209 g/mol. The van der Waals surface area contributed by atoms with E-state index >= 15 is 0 Å². The Kier molecular flexibility index (Phi) is 2.28. The molecule has 0 amide bonds. The molecular weight excluding hydrogens is 198 g/mol. The summed E-state index contributed by atoms with van der Waals surface area (Å²) in [6.07, 6.45) is -0.0964. The van der Waals surface area contributed by atoms with Gasteiger partial charge in [-0.2, -0.15) is 0 Å². The number of fused-ring (bicyclic) bond motifs is 1. The van der Waals surface area contributed by atoms with E-state index in [1.165, 1.54) is 0 Å². The highest BCUT2D eigenvalue weighted by Crippen LogP contribution is 2.22. The normalized spacial score (nSPS) is 18.9. The van der Waals surface area contributed by atoms with E-state index in [0.717, 1.165) is 0 Å². The fourth-order valence-corrected chi connectivity index (χ4v) is 1.82. The van der Waals surface area contributed by atoms with Crippen molar-refractivity contribution in [2.24, 2.45) is 0 Å². The highest BCUT2D eigenvalue weighted by Gasteiger charge is 2.28. The predicted molar refractivity (Wildman–Crippen MR) is 51.4 cm³/mol. The third-order valence-corrected chi connectivity index (χ3v) is 2.40. The Morgan fingerprint density at radius 1 is 1.67 bits per heavy atom. The molecule has 0 saturated carbocycles. The largest absolute Gasteiger partial charge is 0.481 e. The number of carbonyl (C=O) groups is 1. The van der Waals surface area contributed by atoms with Gasteiger partial charge in [-0.25, -0.2) is 4.98 Å². The van der Waals surface area contributed by atoms with Gasteiger partial charge in [0.2, 0.25) is 0 Å². The molecule has 80 valence electrons. The average molecular weight is 209 g/mol. The average Bonchev–Trinajstić information content (AvgIpc) is 2.46. The third kappa shape index (κ3) is 1.75. The van der Waals surface area contributed by atoms with Crippen LogP contribution in [0, 0.1) is 6.92 Å². The lowest BCUT2D eigenvalue weighted by Gasteiger charge is -2.06. The molecule has 0 aromatic carbocycles. The number of aromatic amines is 1. The predicted octanol–water partition coefficient (Wildman–Crippen LogP) is -0.303. The number of aromatic nitrogens is 2. The SMILES string of the molecule is Cc1nc2c(c(=O)[nH]1)C(CC(=O)O)NC2. The molecule has 15 heavy (non-hydrogen) atoms. The molecule has 6 heteroatoms. The summed E-state index contributed by atoms with van der Waals surface area (Å²) in [5.41, 5.74) is 0.874. The smallest absolute Gasteiger partial charge is 0.305 e. The van der Waals surface area contributed by atoms with Crippen molar-refractivity contribution in [2.75, 3.05) is 0 Å². The van der Waals surface area contributed by atoms with E-state index < -0.39 is 12.0 Å². The second-order valence-corrected chi connectivity index (χ2v) is 3.54. The van der Waals surface area contributed by atoms with Crippen molar-refractivity contribution >= 4 is 5.97 Å². The van der Waals surface area contributed by atoms with Crippen molar-refractivity contribution in [3.05, 3.63) is 27.4 Å². The highest BCUT2D eigenvalue weighted by atomic mass is 16.4. The number of hydrogen-bond acceptors (Lipinski definition) is 4. The molecule has 2 rings (SSSR count). The molecule has 1 atom stereocenters. The Bertz CT molecular complexity index is 466. The van der Waals surface area contributed by atoms with Gasteiger partial charge in [-0.15, -0.1) is 0 Å². The van der Waals surface area contributed by atoms with Crippen LogP contribution >= 0.6 is 0 Å². The first-order valence-electron chi connectivity index (χ1n) is 4.63. The Morgan fingerprint density at radius 2 is 2.40 bits per heavy atom. The van der Waals surface area contributed by atoms with Gasteiger partial charge in [-0.3, -0.25) is 9.59 Å². The van der Waals surface area contributed by atoms with Crippen LogP contribution in [0.1, 0.15) is 29.5 Å². The summed E-state index contributed by atoms with van der Waals surface area (Å²) in [6, 6.07) is -0.422. The molecule has 0 saturated heterocycles. The first kappa shape index (κ1) is 9.85. The van der Waals surface area contributed by atoms with Gasteiger partial charge in [0.25, 0.3) is 5.56 Å². The van der Waals surface area contributed by atoms with Crippen LogP contribution in [0.3, 0.4) is 0 Å². The summed E-state index contributed by atoms with van der Waals surface area (Å²) in [5.74, 6) is -0.378. The van der Waals surface area contributed by atoms with Crippen LogP contribution in [0.25, 0.3) is 0 Å². The Labute approximate surface area is 85.4 Å². The zero-order chi connectivity index (χ0) is 11.0.